The van der Waals surface area contributed by atoms with Crippen LogP contribution in [0.25, 0.3) is 0 Å². The zero-order valence-corrected chi connectivity index (χ0v) is 12.3. The van der Waals surface area contributed by atoms with E-state index in [0.29, 0.717) is 11.6 Å². The Labute approximate surface area is 116 Å². The third kappa shape index (κ3) is 5.43. The fourth-order valence-corrected chi connectivity index (χ4v) is 1.96. The lowest BCUT2D eigenvalue weighted by molar-refractivity contribution is 0.0923. The molecule has 0 aliphatic rings. The summed E-state index contributed by atoms with van der Waals surface area (Å²) in [7, 11) is 0. The zero-order chi connectivity index (χ0) is 14.1. The molecule has 2 N–H and O–H groups in total. The molecule has 106 valence electrons. The normalized spacial score (nSPS) is 12.2. The van der Waals surface area contributed by atoms with E-state index < -0.39 is 0 Å². The van der Waals surface area contributed by atoms with Crippen LogP contribution in [0.1, 0.15) is 62.4 Å². The van der Waals surface area contributed by atoms with Crippen molar-refractivity contribution in [2.75, 3.05) is 0 Å². The van der Waals surface area contributed by atoms with E-state index in [1.165, 1.54) is 18.4 Å². The highest BCUT2D eigenvalue weighted by molar-refractivity contribution is 5.93. The number of carbonyl (C=O) groups is 1. The maximum Gasteiger partial charge on any atom is 0.265 e. The number of amides is 1. The van der Waals surface area contributed by atoms with Crippen LogP contribution in [0.3, 0.4) is 0 Å². The molecule has 19 heavy (non-hydrogen) atoms. The van der Waals surface area contributed by atoms with E-state index in [-0.39, 0.29) is 5.91 Å². The van der Waals surface area contributed by atoms with Crippen molar-refractivity contribution in [2.45, 2.75) is 58.9 Å². The Kier molecular flexibility index (Phi) is 7.19. The average molecular weight is 262 g/mol. The lowest BCUT2D eigenvalue weighted by Crippen LogP contribution is -2.44. The summed E-state index contributed by atoms with van der Waals surface area (Å²) in [5.41, 5.74) is 7.89. The van der Waals surface area contributed by atoms with Gasteiger partial charge >= 0.3 is 0 Å². The molecule has 1 aromatic rings. The number of benzene rings is 1. The van der Waals surface area contributed by atoms with Crippen LogP contribution in [0.5, 0.6) is 0 Å². The Morgan fingerprint density at radius 3 is 2.37 bits per heavy atom. The van der Waals surface area contributed by atoms with Crippen molar-refractivity contribution in [3.63, 3.8) is 0 Å². The maximum absolute atomic E-state index is 12.0. The van der Waals surface area contributed by atoms with E-state index in [0.717, 1.165) is 19.3 Å². The predicted molar refractivity (Wildman–Crippen MR) is 80.0 cm³/mol. The van der Waals surface area contributed by atoms with Crippen LogP contribution >= 0.6 is 0 Å². The summed E-state index contributed by atoms with van der Waals surface area (Å²) in [5.74, 6) is -0.0578. The second kappa shape index (κ2) is 8.70. The molecule has 0 aromatic heterocycles. The highest BCUT2D eigenvalue weighted by Crippen LogP contribution is 2.06. The van der Waals surface area contributed by atoms with E-state index in [9.17, 15) is 4.79 Å². The molecule has 3 heteroatoms. The topological polar surface area (TPSA) is 41.1 Å². The number of aryl methyl sites for hydroxylation is 1. The first kappa shape index (κ1) is 15.7. The molecule has 0 saturated carbocycles. The van der Waals surface area contributed by atoms with Crippen LogP contribution in [0, 0.1) is 0 Å². The molecule has 1 amide bonds. The van der Waals surface area contributed by atoms with Crippen LogP contribution in [-0.2, 0) is 6.42 Å². The predicted octanol–water partition coefficient (Wildman–Crippen LogP) is 3.45. The molecule has 1 atom stereocenters. The van der Waals surface area contributed by atoms with Crippen LogP contribution in [-0.4, -0.2) is 11.9 Å². The molecule has 0 heterocycles. The standard InChI is InChI=1S/C16H26N2O/c1-4-7-8-15(6-3)17-18-16(19)14-11-9-13(5-2)10-12-14/h9-12,15,17H,4-8H2,1-3H3,(H,18,19). The Morgan fingerprint density at radius 2 is 1.84 bits per heavy atom. The second-order valence-electron chi connectivity index (χ2n) is 4.90. The van der Waals surface area contributed by atoms with Crippen LogP contribution < -0.4 is 10.9 Å². The Hall–Kier alpha value is -1.35. The molecule has 0 spiro atoms. The number of hydrogen-bond donors (Lipinski definition) is 2. The van der Waals surface area contributed by atoms with E-state index in [2.05, 4.69) is 31.6 Å². The summed E-state index contributed by atoms with van der Waals surface area (Å²) in [5, 5.41) is 0. The number of carbonyl (C=O) groups excluding carboxylic acids is 1. The summed E-state index contributed by atoms with van der Waals surface area (Å²) in [6.07, 6.45) is 5.49. The summed E-state index contributed by atoms with van der Waals surface area (Å²) < 4.78 is 0. The molecule has 1 rings (SSSR count). The van der Waals surface area contributed by atoms with Gasteiger partial charge in [0.1, 0.15) is 0 Å². The summed E-state index contributed by atoms with van der Waals surface area (Å²) >= 11 is 0. The molecule has 0 aliphatic carbocycles. The maximum atomic E-state index is 12.0. The molecule has 0 aliphatic heterocycles. The van der Waals surface area contributed by atoms with Crippen molar-refractivity contribution in [3.8, 4) is 0 Å². The van der Waals surface area contributed by atoms with Crippen molar-refractivity contribution in [3.05, 3.63) is 35.4 Å². The minimum atomic E-state index is -0.0578. The third-order valence-electron chi connectivity index (χ3n) is 3.41. The van der Waals surface area contributed by atoms with E-state index >= 15 is 0 Å². The first-order chi connectivity index (χ1) is 9.21. The van der Waals surface area contributed by atoms with E-state index in [1.807, 2.05) is 24.3 Å². The van der Waals surface area contributed by atoms with Gasteiger partial charge in [-0.25, -0.2) is 5.43 Å². The average Bonchev–Trinajstić information content (AvgIpc) is 2.47. The van der Waals surface area contributed by atoms with Gasteiger partial charge in [-0.1, -0.05) is 45.7 Å². The molecule has 1 aromatic carbocycles. The fraction of sp³-hybridized carbons (Fsp3) is 0.562. The number of nitrogens with one attached hydrogen (secondary N) is 2. The minimum Gasteiger partial charge on any atom is -0.287 e. The SMILES string of the molecule is CCCCC(CC)NNC(=O)c1ccc(CC)cc1. The molecule has 0 fully saturated rings. The fourth-order valence-electron chi connectivity index (χ4n) is 1.96. The van der Waals surface area contributed by atoms with Gasteiger partial charge < -0.3 is 0 Å². The summed E-state index contributed by atoms with van der Waals surface area (Å²) in [4.78, 5) is 12.0. The molecule has 3 nitrogen and oxygen atoms in total. The minimum absolute atomic E-state index is 0.0578. The lowest BCUT2D eigenvalue weighted by atomic mass is 10.1. The van der Waals surface area contributed by atoms with Crippen molar-refractivity contribution < 1.29 is 4.79 Å². The monoisotopic (exact) mass is 262 g/mol. The van der Waals surface area contributed by atoms with Gasteiger partial charge in [-0.2, -0.15) is 0 Å². The number of hydrogen-bond acceptors (Lipinski definition) is 2. The van der Waals surface area contributed by atoms with Crippen molar-refractivity contribution in [2.24, 2.45) is 0 Å². The summed E-state index contributed by atoms with van der Waals surface area (Å²) in [6.45, 7) is 6.42. The Morgan fingerprint density at radius 1 is 1.16 bits per heavy atom. The third-order valence-corrected chi connectivity index (χ3v) is 3.41. The quantitative estimate of drug-likeness (QED) is 0.704. The van der Waals surface area contributed by atoms with E-state index in [4.69, 9.17) is 0 Å². The molecule has 0 radical (unpaired) electrons. The molecule has 0 saturated heterocycles. The zero-order valence-electron chi connectivity index (χ0n) is 12.3. The number of unbranched alkanes of at least 4 members (excludes halogenated alkanes) is 1. The first-order valence-electron chi connectivity index (χ1n) is 7.36. The van der Waals surface area contributed by atoms with Crippen LogP contribution in [0.15, 0.2) is 24.3 Å². The largest absolute Gasteiger partial charge is 0.287 e. The second-order valence-corrected chi connectivity index (χ2v) is 4.90. The van der Waals surface area contributed by atoms with Gasteiger partial charge in [0, 0.05) is 11.6 Å². The molecule has 0 bridgehead atoms. The molecule has 1 unspecified atom stereocenters. The van der Waals surface area contributed by atoms with Gasteiger partial charge in [0.25, 0.3) is 5.91 Å². The van der Waals surface area contributed by atoms with Gasteiger partial charge in [0.05, 0.1) is 0 Å². The Balaban J connectivity index is 2.44. The van der Waals surface area contributed by atoms with Gasteiger partial charge in [0.15, 0.2) is 0 Å². The Bertz CT molecular complexity index is 373. The van der Waals surface area contributed by atoms with Crippen LogP contribution in [0.2, 0.25) is 0 Å². The molecular formula is C16H26N2O. The van der Waals surface area contributed by atoms with Gasteiger partial charge in [-0.15, -0.1) is 0 Å². The smallest absolute Gasteiger partial charge is 0.265 e. The van der Waals surface area contributed by atoms with Crippen molar-refractivity contribution >= 4 is 5.91 Å². The number of rotatable bonds is 8. The lowest BCUT2D eigenvalue weighted by Gasteiger charge is -2.17. The van der Waals surface area contributed by atoms with Gasteiger partial charge in [0.2, 0.25) is 0 Å². The van der Waals surface area contributed by atoms with Gasteiger partial charge in [-0.3, -0.25) is 10.2 Å². The summed E-state index contributed by atoms with van der Waals surface area (Å²) in [6, 6.07) is 8.12. The van der Waals surface area contributed by atoms with Gasteiger partial charge in [-0.05, 0) is 37.0 Å². The number of hydrazine groups is 1. The van der Waals surface area contributed by atoms with Crippen molar-refractivity contribution in [1.29, 1.82) is 0 Å². The van der Waals surface area contributed by atoms with E-state index in [1.54, 1.807) is 0 Å². The highest BCUT2D eigenvalue weighted by atomic mass is 16.2. The van der Waals surface area contributed by atoms with Crippen LogP contribution in [0.4, 0.5) is 0 Å². The van der Waals surface area contributed by atoms with Crippen molar-refractivity contribution in [1.82, 2.24) is 10.9 Å². The highest BCUT2D eigenvalue weighted by Gasteiger charge is 2.08. The first-order valence-corrected chi connectivity index (χ1v) is 7.36. The molecular weight excluding hydrogens is 236 g/mol.